The number of ketones is 1. The number of anilines is 1. The van der Waals surface area contributed by atoms with Gasteiger partial charge in [0.1, 0.15) is 0 Å². The van der Waals surface area contributed by atoms with Gasteiger partial charge >= 0.3 is 0 Å². The maximum Gasteiger partial charge on any atom is 0.189 e. The lowest BCUT2D eigenvalue weighted by atomic mass is 9.80. The van der Waals surface area contributed by atoms with Crippen LogP contribution in [0.25, 0.3) is 0 Å². The van der Waals surface area contributed by atoms with E-state index in [1.54, 1.807) is 12.3 Å². The molecule has 0 amide bonds. The van der Waals surface area contributed by atoms with E-state index in [4.69, 9.17) is 0 Å². The summed E-state index contributed by atoms with van der Waals surface area (Å²) in [5, 5.41) is 3.56. The van der Waals surface area contributed by atoms with Crippen molar-refractivity contribution < 1.29 is 4.79 Å². The van der Waals surface area contributed by atoms with Gasteiger partial charge in [0.25, 0.3) is 0 Å². The molecule has 1 unspecified atom stereocenters. The molecule has 0 saturated heterocycles. The molecule has 0 radical (unpaired) electrons. The van der Waals surface area contributed by atoms with E-state index in [9.17, 15) is 4.79 Å². The van der Waals surface area contributed by atoms with Gasteiger partial charge in [-0.2, -0.15) is 0 Å². The van der Waals surface area contributed by atoms with Crippen LogP contribution in [0.3, 0.4) is 0 Å². The predicted molar refractivity (Wildman–Crippen MR) is 89.1 cm³/mol. The van der Waals surface area contributed by atoms with Gasteiger partial charge in [0.15, 0.2) is 5.78 Å². The highest BCUT2D eigenvalue weighted by atomic mass is 16.1. The van der Waals surface area contributed by atoms with Gasteiger partial charge in [-0.1, -0.05) is 13.0 Å². The number of aryl methyl sites for hydroxylation is 1. The van der Waals surface area contributed by atoms with Crippen molar-refractivity contribution in [3.05, 3.63) is 41.1 Å². The average molecular weight is 286 g/mol. The smallest absolute Gasteiger partial charge is 0.189 e. The highest BCUT2D eigenvalue weighted by Crippen LogP contribution is 2.41. The van der Waals surface area contributed by atoms with E-state index >= 15 is 0 Å². The highest BCUT2D eigenvalue weighted by molar-refractivity contribution is 6.09. The number of hydrogen-bond acceptors (Lipinski definition) is 3. The van der Waals surface area contributed by atoms with Crippen LogP contribution in [0.2, 0.25) is 0 Å². The summed E-state index contributed by atoms with van der Waals surface area (Å²) in [7, 11) is 3.83. The number of allylic oxidation sites excluding steroid dienone is 1. The topological polar surface area (TPSA) is 32.3 Å². The Kier molecular flexibility index (Phi) is 4.13. The lowest BCUT2D eigenvalue weighted by molar-refractivity contribution is 0.104. The Bertz CT molecular complexity index is 585. The summed E-state index contributed by atoms with van der Waals surface area (Å²) >= 11 is 0. The number of carbonyl (C=O) groups is 1. The van der Waals surface area contributed by atoms with Crippen molar-refractivity contribution in [2.45, 2.75) is 45.6 Å². The van der Waals surface area contributed by atoms with Gasteiger partial charge in [-0.15, -0.1) is 0 Å². The summed E-state index contributed by atoms with van der Waals surface area (Å²) in [6.07, 6.45) is 4.52. The van der Waals surface area contributed by atoms with Gasteiger partial charge in [0.2, 0.25) is 0 Å². The van der Waals surface area contributed by atoms with E-state index in [2.05, 4.69) is 39.1 Å². The van der Waals surface area contributed by atoms with Crippen LogP contribution in [-0.4, -0.2) is 30.3 Å². The van der Waals surface area contributed by atoms with Gasteiger partial charge in [-0.3, -0.25) is 4.79 Å². The Morgan fingerprint density at radius 1 is 1.38 bits per heavy atom. The maximum atomic E-state index is 12.5. The second-order valence-electron chi connectivity index (χ2n) is 7.03. The van der Waals surface area contributed by atoms with Crippen LogP contribution in [-0.2, 0) is 0 Å². The van der Waals surface area contributed by atoms with Crippen molar-refractivity contribution in [1.29, 1.82) is 0 Å². The first kappa shape index (κ1) is 15.6. The van der Waals surface area contributed by atoms with Crippen LogP contribution in [0.5, 0.6) is 0 Å². The summed E-state index contributed by atoms with van der Waals surface area (Å²) in [4.78, 5) is 14.4. The molecule has 1 heterocycles. The van der Waals surface area contributed by atoms with Crippen molar-refractivity contribution in [2.75, 3.05) is 19.4 Å². The Morgan fingerprint density at radius 3 is 2.67 bits per heavy atom. The second kappa shape index (κ2) is 5.55. The Labute approximate surface area is 128 Å². The molecule has 0 spiro atoms. The number of rotatable bonds is 3. The molecule has 1 aromatic rings. The van der Waals surface area contributed by atoms with Crippen molar-refractivity contribution in [1.82, 2.24) is 4.90 Å². The zero-order valence-electron chi connectivity index (χ0n) is 13.9. The first-order chi connectivity index (χ1) is 9.69. The number of carbonyl (C=O) groups excluding carboxylic acids is 1. The van der Waals surface area contributed by atoms with Gasteiger partial charge in [0.05, 0.1) is 0 Å². The molecule has 3 nitrogen and oxygen atoms in total. The predicted octanol–water partition coefficient (Wildman–Crippen LogP) is 3.95. The number of hydrogen-bond donors (Lipinski definition) is 1. The highest BCUT2D eigenvalue weighted by Gasteiger charge is 2.31. The van der Waals surface area contributed by atoms with Crippen molar-refractivity contribution in [3.8, 4) is 0 Å². The fourth-order valence-electron chi connectivity index (χ4n) is 3.11. The average Bonchev–Trinajstić information content (AvgIpc) is 2.35. The molecule has 1 aliphatic rings. The first-order valence-electron chi connectivity index (χ1n) is 7.51. The molecule has 0 saturated carbocycles. The molecule has 0 aliphatic carbocycles. The van der Waals surface area contributed by atoms with Gasteiger partial charge in [-0.05, 0) is 50.3 Å². The monoisotopic (exact) mass is 286 g/mol. The molecule has 0 aromatic heterocycles. The van der Waals surface area contributed by atoms with Crippen molar-refractivity contribution >= 4 is 11.5 Å². The SMILES string of the molecule is Cc1cc(C(=O)C=CN(C)C)c2c(c1)C(C)CC(C)(C)N2. The van der Waals surface area contributed by atoms with E-state index in [1.165, 1.54) is 5.56 Å². The third-order valence-corrected chi connectivity index (χ3v) is 3.91. The van der Waals surface area contributed by atoms with Crippen molar-refractivity contribution in [2.24, 2.45) is 0 Å². The molecule has 0 bridgehead atoms. The second-order valence-corrected chi connectivity index (χ2v) is 7.03. The van der Waals surface area contributed by atoms with Crippen LogP contribution in [0.1, 0.15) is 54.6 Å². The molecule has 114 valence electrons. The minimum absolute atomic E-state index is 0.0158. The molecular weight excluding hydrogens is 260 g/mol. The Balaban J connectivity index is 2.50. The normalized spacial score (nSPS) is 20.0. The minimum atomic E-state index is 0.0158. The third kappa shape index (κ3) is 3.46. The van der Waals surface area contributed by atoms with Crippen LogP contribution in [0.4, 0.5) is 5.69 Å². The van der Waals surface area contributed by atoms with Crippen LogP contribution < -0.4 is 5.32 Å². The summed E-state index contributed by atoms with van der Waals surface area (Å²) in [5.74, 6) is 0.515. The summed E-state index contributed by atoms with van der Waals surface area (Å²) < 4.78 is 0. The standard InChI is InChI=1S/C18H26N2O/c1-12-9-14-13(2)11-18(3,4)19-17(14)15(10-12)16(21)7-8-20(5)6/h7-10,13,19H,11H2,1-6H3. The van der Waals surface area contributed by atoms with Gasteiger partial charge < -0.3 is 10.2 Å². The molecule has 1 aromatic carbocycles. The molecular formula is C18H26N2O. The molecule has 2 rings (SSSR count). The summed E-state index contributed by atoms with van der Waals surface area (Å²) in [6, 6.07) is 4.19. The lowest BCUT2D eigenvalue weighted by Crippen LogP contribution is -2.37. The molecule has 3 heteroatoms. The third-order valence-electron chi connectivity index (χ3n) is 3.91. The Hall–Kier alpha value is -1.77. The van der Waals surface area contributed by atoms with Crippen LogP contribution in [0, 0.1) is 6.92 Å². The van der Waals surface area contributed by atoms with Gasteiger partial charge in [0, 0.05) is 43.2 Å². The number of nitrogens with zero attached hydrogens (tertiary/aromatic N) is 1. The van der Waals surface area contributed by atoms with E-state index in [1.807, 2.05) is 25.1 Å². The fraction of sp³-hybridized carbons (Fsp3) is 0.500. The quantitative estimate of drug-likeness (QED) is 0.674. The van der Waals surface area contributed by atoms with E-state index < -0.39 is 0 Å². The summed E-state index contributed by atoms with van der Waals surface area (Å²) in [5.41, 5.74) is 4.21. The van der Waals surface area contributed by atoms with E-state index in [0.29, 0.717) is 5.92 Å². The molecule has 0 fully saturated rings. The fourth-order valence-corrected chi connectivity index (χ4v) is 3.11. The largest absolute Gasteiger partial charge is 0.383 e. The van der Waals surface area contributed by atoms with Crippen molar-refractivity contribution in [3.63, 3.8) is 0 Å². The first-order valence-corrected chi connectivity index (χ1v) is 7.51. The lowest BCUT2D eigenvalue weighted by Gasteiger charge is -2.38. The number of fused-ring (bicyclic) bond motifs is 1. The van der Waals surface area contributed by atoms with Gasteiger partial charge in [-0.25, -0.2) is 0 Å². The van der Waals surface area contributed by atoms with E-state index in [0.717, 1.165) is 23.2 Å². The zero-order valence-corrected chi connectivity index (χ0v) is 13.9. The zero-order chi connectivity index (χ0) is 15.8. The maximum absolute atomic E-state index is 12.5. The minimum Gasteiger partial charge on any atom is -0.383 e. The molecule has 1 atom stereocenters. The molecule has 1 N–H and O–H groups in total. The Morgan fingerprint density at radius 2 is 2.05 bits per heavy atom. The number of nitrogens with one attached hydrogen (secondary N) is 1. The van der Waals surface area contributed by atoms with Crippen LogP contribution in [0.15, 0.2) is 24.4 Å². The molecule has 1 aliphatic heterocycles. The van der Waals surface area contributed by atoms with Crippen LogP contribution >= 0.6 is 0 Å². The number of benzene rings is 1. The summed E-state index contributed by atoms with van der Waals surface area (Å²) in [6.45, 7) is 8.68. The van der Waals surface area contributed by atoms with E-state index in [-0.39, 0.29) is 11.3 Å². The molecule has 21 heavy (non-hydrogen) atoms.